The van der Waals surface area contributed by atoms with Gasteiger partial charge in [-0.1, -0.05) is 114 Å². The number of nitrogens with zero attached hydrogens (tertiary/aromatic N) is 1. The Morgan fingerprint density at radius 1 is 0.442 bits per heavy atom. The Morgan fingerprint density at radius 3 is 1.40 bits per heavy atom. The average Bonchev–Trinajstić information content (AvgIpc) is 3.62. The standard InChI is InChI=1S/C61H112N14O11/c1-3-4-5-6-7-8-9-10-11-12-13-14-18-31-54(77)71-48(28-19-21-34-62)57(80)70-46(2)55(78)72-51(32-33-53(65)76)60(83)73-49(29-20-22-35-63)58(81)74-50(30-23-37-69-61(66)67)59(82)75-52(45-47-26-16-15-17-27-47)56(79)68-38-25-40-85-42-44-86-43-41-84-39-24-36-64/h15-17,26-27,46,48-52H,3-14,18-25,28-45,62-64H2,1-2H3,(H2,65,76)(H,68,79)(H,70,80)(H,71,77)(H,72,78)(H,73,83)(H,74,81)(H,75,82)(H4,66,67,69)/t46-,48-,49-,50-,51-,52-/m0/s1. The molecule has 0 aliphatic heterocycles. The fraction of sp³-hybridized carbons (Fsp3) is 0.754. The third-order valence-corrected chi connectivity index (χ3v) is 14.2. The summed E-state index contributed by atoms with van der Waals surface area (Å²) in [5.74, 6) is -5.38. The van der Waals surface area contributed by atoms with Gasteiger partial charge in [0.25, 0.3) is 0 Å². The largest absolute Gasteiger partial charge is 0.379 e. The number of hydrogen-bond acceptors (Lipinski definition) is 15. The predicted molar refractivity (Wildman–Crippen MR) is 336 cm³/mol. The first kappa shape index (κ1) is 78.0. The van der Waals surface area contributed by atoms with Crippen molar-refractivity contribution in [3.05, 3.63) is 35.9 Å². The van der Waals surface area contributed by atoms with Crippen LogP contribution in [0.5, 0.6) is 0 Å². The lowest BCUT2D eigenvalue weighted by molar-refractivity contribution is -0.135. The van der Waals surface area contributed by atoms with Crippen LogP contribution < -0.4 is 71.6 Å². The molecular formula is C61H112N14O11. The van der Waals surface area contributed by atoms with Crippen LogP contribution in [0.3, 0.4) is 0 Å². The molecule has 86 heavy (non-hydrogen) atoms. The van der Waals surface area contributed by atoms with Crippen LogP contribution in [0.2, 0.25) is 0 Å². The molecule has 0 bridgehead atoms. The van der Waals surface area contributed by atoms with Crippen LogP contribution in [0, 0.1) is 0 Å². The van der Waals surface area contributed by atoms with Crippen LogP contribution in [-0.2, 0) is 59.0 Å². The van der Waals surface area contributed by atoms with Gasteiger partial charge < -0.3 is 85.8 Å². The number of rotatable bonds is 56. The normalized spacial score (nSPS) is 13.2. The number of primary amides is 1. The van der Waals surface area contributed by atoms with E-state index in [1.807, 2.05) is 30.3 Å². The van der Waals surface area contributed by atoms with Gasteiger partial charge in [-0.2, -0.15) is 0 Å². The Morgan fingerprint density at radius 2 is 0.884 bits per heavy atom. The third kappa shape index (κ3) is 41.2. The van der Waals surface area contributed by atoms with Gasteiger partial charge >= 0.3 is 0 Å². The van der Waals surface area contributed by atoms with Crippen LogP contribution in [0.25, 0.3) is 0 Å². The summed E-state index contributed by atoms with van der Waals surface area (Å²) < 4.78 is 16.6. The lowest BCUT2D eigenvalue weighted by atomic mass is 10.0. The summed E-state index contributed by atoms with van der Waals surface area (Å²) in [4.78, 5) is 113. The van der Waals surface area contributed by atoms with Crippen molar-refractivity contribution in [2.45, 2.75) is 223 Å². The number of benzene rings is 1. The number of ether oxygens (including phenoxy) is 3. The summed E-state index contributed by atoms with van der Waals surface area (Å²) in [6, 6.07) is 1.86. The zero-order chi connectivity index (χ0) is 63.4. The first-order valence-electron chi connectivity index (χ1n) is 31.9. The molecule has 0 heterocycles. The second-order valence-corrected chi connectivity index (χ2v) is 21.9. The quantitative estimate of drug-likeness (QED) is 0.0252. The van der Waals surface area contributed by atoms with Crippen molar-refractivity contribution in [1.29, 1.82) is 0 Å². The molecular weight excluding hydrogens is 1100 g/mol. The lowest BCUT2D eigenvalue weighted by Gasteiger charge is -2.27. The summed E-state index contributed by atoms with van der Waals surface area (Å²) >= 11 is 0. The maximum atomic E-state index is 14.4. The van der Waals surface area contributed by atoms with Crippen LogP contribution >= 0.6 is 0 Å². The molecule has 0 unspecified atom stereocenters. The van der Waals surface area contributed by atoms with E-state index in [2.05, 4.69) is 49.1 Å². The van der Waals surface area contributed by atoms with Crippen molar-refractivity contribution >= 4 is 53.2 Å². The molecule has 0 aromatic heterocycles. The SMILES string of the molecule is CCCCCCCCCCCCCCCC(=O)N[C@@H](CCCCN)C(=O)N[C@@H](C)C(=O)N[C@@H](CCC(N)=O)C(=O)N[C@@H](CCCCN)C(=O)N[C@@H](CCCN=C(N)N)C(=O)N[C@@H](Cc1ccccc1)C(=O)NCCCOCCOCCOCCCN. The number of amides is 8. The van der Waals surface area contributed by atoms with Gasteiger partial charge in [0.1, 0.15) is 36.3 Å². The Labute approximate surface area is 512 Å². The molecule has 1 aromatic carbocycles. The van der Waals surface area contributed by atoms with Crippen molar-refractivity contribution in [1.82, 2.24) is 37.2 Å². The highest BCUT2D eigenvalue weighted by molar-refractivity contribution is 5.97. The van der Waals surface area contributed by atoms with Crippen LogP contribution in [-0.4, -0.2) is 162 Å². The molecule has 8 amide bonds. The number of hydrogen-bond donors (Lipinski definition) is 13. The summed E-state index contributed by atoms with van der Waals surface area (Å²) in [7, 11) is 0. The zero-order valence-electron chi connectivity index (χ0n) is 52.1. The van der Waals surface area contributed by atoms with E-state index in [0.29, 0.717) is 91.3 Å². The van der Waals surface area contributed by atoms with Crippen LogP contribution in [0.4, 0.5) is 0 Å². The predicted octanol–water partition coefficient (Wildman–Crippen LogP) is 2.12. The highest BCUT2D eigenvalue weighted by Gasteiger charge is 2.33. The lowest BCUT2D eigenvalue weighted by Crippen LogP contribution is -2.59. The van der Waals surface area contributed by atoms with E-state index in [4.69, 9.17) is 48.6 Å². The second-order valence-electron chi connectivity index (χ2n) is 21.9. The van der Waals surface area contributed by atoms with E-state index < -0.39 is 77.6 Å². The van der Waals surface area contributed by atoms with Gasteiger partial charge in [-0.25, -0.2) is 0 Å². The molecule has 0 radical (unpaired) electrons. The molecule has 0 aliphatic rings. The van der Waals surface area contributed by atoms with Gasteiger partial charge in [0, 0.05) is 45.6 Å². The minimum atomic E-state index is -1.42. The molecule has 0 aliphatic carbocycles. The maximum absolute atomic E-state index is 14.4. The van der Waals surface area contributed by atoms with Crippen LogP contribution in [0.15, 0.2) is 35.3 Å². The molecule has 25 heteroatoms. The van der Waals surface area contributed by atoms with Crippen molar-refractivity contribution in [3.8, 4) is 0 Å². The molecule has 492 valence electrons. The van der Waals surface area contributed by atoms with E-state index in [1.165, 1.54) is 64.7 Å². The third-order valence-electron chi connectivity index (χ3n) is 14.2. The van der Waals surface area contributed by atoms with E-state index in [-0.39, 0.29) is 82.9 Å². The number of guanidine groups is 1. The van der Waals surface area contributed by atoms with Gasteiger partial charge in [0.05, 0.1) is 26.4 Å². The molecule has 25 nitrogen and oxygen atoms in total. The minimum absolute atomic E-state index is 0.0117. The van der Waals surface area contributed by atoms with Crippen LogP contribution in [0.1, 0.15) is 186 Å². The Kier molecular flexibility index (Phi) is 47.3. The molecule has 6 atom stereocenters. The average molecular weight is 1220 g/mol. The first-order valence-corrected chi connectivity index (χ1v) is 31.9. The van der Waals surface area contributed by atoms with Crippen molar-refractivity contribution in [3.63, 3.8) is 0 Å². The Bertz CT molecular complexity index is 2040. The van der Waals surface area contributed by atoms with E-state index in [1.54, 1.807) is 0 Å². The number of nitrogens with one attached hydrogen (secondary N) is 7. The molecule has 19 N–H and O–H groups in total. The fourth-order valence-corrected chi connectivity index (χ4v) is 9.21. The summed E-state index contributed by atoms with van der Waals surface area (Å²) in [6.07, 6.45) is 18.8. The van der Waals surface area contributed by atoms with Crippen molar-refractivity contribution in [2.75, 3.05) is 72.4 Å². The van der Waals surface area contributed by atoms with Gasteiger partial charge in [-0.15, -0.1) is 0 Å². The number of unbranched alkanes of at least 4 members (excludes halogenated alkanes) is 14. The highest BCUT2D eigenvalue weighted by atomic mass is 16.5. The van der Waals surface area contributed by atoms with Gasteiger partial charge in [-0.05, 0) is 109 Å². The smallest absolute Gasteiger partial charge is 0.243 e. The zero-order valence-corrected chi connectivity index (χ0v) is 52.1. The number of nitrogens with two attached hydrogens (primary N) is 6. The molecule has 0 saturated carbocycles. The highest BCUT2D eigenvalue weighted by Crippen LogP contribution is 2.14. The number of carbonyl (C=O) groups excluding carboxylic acids is 8. The number of aliphatic imine (C=N–C) groups is 1. The van der Waals surface area contributed by atoms with Gasteiger partial charge in [0.2, 0.25) is 47.3 Å². The van der Waals surface area contributed by atoms with Crippen molar-refractivity contribution in [2.24, 2.45) is 39.4 Å². The second kappa shape index (κ2) is 52.2. The van der Waals surface area contributed by atoms with Crippen molar-refractivity contribution < 1.29 is 52.6 Å². The van der Waals surface area contributed by atoms with E-state index >= 15 is 0 Å². The Hall–Kier alpha value is -5.99. The Balaban J connectivity index is 3.15. The summed E-state index contributed by atoms with van der Waals surface area (Å²) in [5, 5.41) is 19.3. The molecule has 0 saturated heterocycles. The molecule has 0 spiro atoms. The van der Waals surface area contributed by atoms with E-state index in [9.17, 15) is 38.4 Å². The number of carbonyl (C=O) groups is 8. The van der Waals surface area contributed by atoms with E-state index in [0.717, 1.165) is 31.2 Å². The van der Waals surface area contributed by atoms with Gasteiger partial charge in [-0.3, -0.25) is 43.3 Å². The minimum Gasteiger partial charge on any atom is -0.379 e. The summed E-state index contributed by atoms with van der Waals surface area (Å²) in [6.45, 7) is 7.75. The fourth-order valence-electron chi connectivity index (χ4n) is 9.21. The summed E-state index contributed by atoms with van der Waals surface area (Å²) in [5.41, 5.74) is 34.4. The van der Waals surface area contributed by atoms with Gasteiger partial charge in [0.15, 0.2) is 5.96 Å². The molecule has 0 fully saturated rings. The first-order chi connectivity index (χ1) is 41.6. The topological polar surface area (TPSA) is 417 Å². The molecule has 1 rings (SSSR count). The monoisotopic (exact) mass is 1220 g/mol. The maximum Gasteiger partial charge on any atom is 0.243 e. The molecule has 1 aromatic rings.